The van der Waals surface area contributed by atoms with Gasteiger partial charge in [-0.15, -0.1) is 24.0 Å². The number of rotatable bonds is 9. The van der Waals surface area contributed by atoms with E-state index in [1.807, 2.05) is 63.7 Å². The number of unbranched alkanes of at least 4 members (excludes halogenated alkanes) is 1. The van der Waals surface area contributed by atoms with E-state index in [1.165, 1.54) is 0 Å². The second-order valence-electron chi connectivity index (χ2n) is 5.93. The third kappa shape index (κ3) is 7.63. The Morgan fingerprint density at radius 3 is 2.69 bits per heavy atom. The number of nitrogens with zero attached hydrogens (tertiary/aromatic N) is 4. The van der Waals surface area contributed by atoms with E-state index in [9.17, 15) is 0 Å². The lowest BCUT2D eigenvalue weighted by atomic mass is 10.3. The molecule has 0 saturated carbocycles. The minimum atomic E-state index is 0. The number of hydrogen-bond acceptors (Lipinski definition) is 3. The van der Waals surface area contributed by atoms with E-state index < -0.39 is 0 Å². The zero-order valence-corrected chi connectivity index (χ0v) is 18.2. The highest BCUT2D eigenvalue weighted by Gasteiger charge is 2.05. The summed E-state index contributed by atoms with van der Waals surface area (Å²) in [6.45, 7) is 5.35. The van der Waals surface area contributed by atoms with Crippen LogP contribution in [0.2, 0.25) is 0 Å². The second kappa shape index (κ2) is 12.6. The highest BCUT2D eigenvalue weighted by atomic mass is 127. The van der Waals surface area contributed by atoms with Gasteiger partial charge in [-0.05, 0) is 31.9 Å². The summed E-state index contributed by atoms with van der Waals surface area (Å²) in [6.07, 6.45) is 6.08. The van der Waals surface area contributed by atoms with Crippen LogP contribution in [0.3, 0.4) is 0 Å². The number of imidazole rings is 1. The number of para-hydroxylation sites is 1. The summed E-state index contributed by atoms with van der Waals surface area (Å²) in [6, 6.07) is 9.87. The van der Waals surface area contributed by atoms with Crippen molar-refractivity contribution in [3.05, 3.63) is 48.5 Å². The predicted molar refractivity (Wildman–Crippen MR) is 118 cm³/mol. The molecule has 0 aliphatic heterocycles. The summed E-state index contributed by atoms with van der Waals surface area (Å²) in [7, 11) is 3.84. The molecule has 0 amide bonds. The Bertz CT molecular complexity index is 644. The molecule has 1 aromatic carbocycles. The van der Waals surface area contributed by atoms with Crippen LogP contribution in [-0.2, 0) is 6.54 Å². The minimum absolute atomic E-state index is 0. The molecule has 0 unspecified atom stereocenters. The fourth-order valence-corrected chi connectivity index (χ4v) is 2.56. The molecule has 6 nitrogen and oxygen atoms in total. The molecule has 2 rings (SSSR count). The molecular weight excluding hydrogens is 441 g/mol. The monoisotopic (exact) mass is 471 g/mol. The first-order valence-electron chi connectivity index (χ1n) is 8.78. The van der Waals surface area contributed by atoms with Crippen molar-refractivity contribution >= 4 is 29.9 Å². The van der Waals surface area contributed by atoms with E-state index in [4.69, 9.17) is 4.74 Å². The number of guanidine groups is 1. The number of nitrogens with one attached hydrogen (secondary N) is 1. The van der Waals surface area contributed by atoms with Gasteiger partial charge < -0.3 is 19.5 Å². The van der Waals surface area contributed by atoms with Gasteiger partial charge in [-0.3, -0.25) is 4.99 Å². The third-order valence-corrected chi connectivity index (χ3v) is 4.04. The molecule has 1 heterocycles. The molecule has 0 radical (unpaired) electrons. The quantitative estimate of drug-likeness (QED) is 0.264. The molecule has 0 aliphatic rings. The molecule has 7 heteroatoms. The third-order valence-electron chi connectivity index (χ3n) is 4.04. The van der Waals surface area contributed by atoms with Crippen molar-refractivity contribution in [2.24, 2.45) is 4.99 Å². The Morgan fingerprint density at radius 1 is 1.27 bits per heavy atom. The molecule has 0 spiro atoms. The summed E-state index contributed by atoms with van der Waals surface area (Å²) in [5.74, 6) is 2.87. The highest BCUT2D eigenvalue weighted by molar-refractivity contribution is 14.0. The molecule has 0 atom stereocenters. The number of ether oxygens (including phenoxy) is 1. The Kier molecular flexibility index (Phi) is 10.8. The standard InChI is InChI=1S/C19H29N5O.HI/c1-17-21-12-14-24(17)13-8-7-11-22-19(20-2)23(3)15-16-25-18-9-5-4-6-10-18;/h4-6,9-10,12,14H,7-8,11,13,15-16H2,1-3H3,(H,20,22);1H. The van der Waals surface area contributed by atoms with Gasteiger partial charge in [0.2, 0.25) is 0 Å². The van der Waals surface area contributed by atoms with E-state index in [1.54, 1.807) is 0 Å². The molecule has 0 aliphatic carbocycles. The largest absolute Gasteiger partial charge is 0.492 e. The van der Waals surface area contributed by atoms with E-state index in [-0.39, 0.29) is 24.0 Å². The number of hydrogen-bond donors (Lipinski definition) is 1. The average molecular weight is 471 g/mol. The molecule has 0 fully saturated rings. The minimum Gasteiger partial charge on any atom is -0.492 e. The normalized spacial score (nSPS) is 11.0. The first kappa shape index (κ1) is 22.3. The van der Waals surface area contributed by atoms with Crippen LogP contribution in [0.25, 0.3) is 0 Å². The first-order valence-corrected chi connectivity index (χ1v) is 8.78. The number of aliphatic imine (C=N–C) groups is 1. The Hall–Kier alpha value is -1.77. The zero-order chi connectivity index (χ0) is 17.9. The molecular formula is C19H30IN5O. The summed E-state index contributed by atoms with van der Waals surface area (Å²) in [4.78, 5) is 10.7. The summed E-state index contributed by atoms with van der Waals surface area (Å²) in [5, 5.41) is 3.41. The van der Waals surface area contributed by atoms with Crippen molar-refractivity contribution in [3.8, 4) is 5.75 Å². The van der Waals surface area contributed by atoms with Crippen LogP contribution in [0.1, 0.15) is 18.7 Å². The SMILES string of the molecule is CN=C(NCCCCn1ccnc1C)N(C)CCOc1ccccc1.I. The van der Waals surface area contributed by atoms with Gasteiger partial charge in [0.15, 0.2) is 5.96 Å². The maximum atomic E-state index is 5.73. The maximum Gasteiger partial charge on any atom is 0.193 e. The zero-order valence-electron chi connectivity index (χ0n) is 15.9. The Morgan fingerprint density at radius 2 is 2.04 bits per heavy atom. The number of likely N-dealkylation sites (N-methyl/N-ethyl adjacent to an activating group) is 1. The molecule has 0 bridgehead atoms. The first-order chi connectivity index (χ1) is 12.2. The number of halogens is 1. The van der Waals surface area contributed by atoms with Crippen LogP contribution in [-0.4, -0.2) is 54.2 Å². The van der Waals surface area contributed by atoms with Gasteiger partial charge >= 0.3 is 0 Å². The molecule has 0 saturated heterocycles. The molecule has 2 aromatic rings. The van der Waals surface area contributed by atoms with Crippen molar-refractivity contribution in [2.75, 3.05) is 33.8 Å². The van der Waals surface area contributed by atoms with Crippen molar-refractivity contribution in [2.45, 2.75) is 26.3 Å². The van der Waals surface area contributed by atoms with Gasteiger partial charge in [-0.25, -0.2) is 4.98 Å². The van der Waals surface area contributed by atoms with Crippen molar-refractivity contribution in [3.63, 3.8) is 0 Å². The predicted octanol–water partition coefficient (Wildman–Crippen LogP) is 3.18. The molecule has 26 heavy (non-hydrogen) atoms. The Balaban J connectivity index is 0.00000338. The fraction of sp³-hybridized carbons (Fsp3) is 0.474. The van der Waals surface area contributed by atoms with Crippen LogP contribution < -0.4 is 10.1 Å². The smallest absolute Gasteiger partial charge is 0.193 e. The van der Waals surface area contributed by atoms with Gasteiger partial charge in [0.25, 0.3) is 0 Å². The number of benzene rings is 1. The lowest BCUT2D eigenvalue weighted by molar-refractivity contribution is 0.281. The van der Waals surface area contributed by atoms with Crippen LogP contribution >= 0.6 is 24.0 Å². The summed E-state index contributed by atoms with van der Waals surface area (Å²) in [5.41, 5.74) is 0. The van der Waals surface area contributed by atoms with Crippen LogP contribution in [0.5, 0.6) is 5.75 Å². The second-order valence-corrected chi connectivity index (χ2v) is 5.93. The number of aryl methyl sites for hydroxylation is 2. The van der Waals surface area contributed by atoms with Gasteiger partial charge in [-0.1, -0.05) is 18.2 Å². The average Bonchev–Trinajstić information content (AvgIpc) is 3.04. The molecule has 1 N–H and O–H groups in total. The van der Waals surface area contributed by atoms with Gasteiger partial charge in [-0.2, -0.15) is 0 Å². The van der Waals surface area contributed by atoms with E-state index in [0.29, 0.717) is 6.61 Å². The van der Waals surface area contributed by atoms with Crippen molar-refractivity contribution in [1.82, 2.24) is 19.8 Å². The lowest BCUT2D eigenvalue weighted by Crippen LogP contribution is -2.41. The van der Waals surface area contributed by atoms with Gasteiger partial charge in [0, 0.05) is 39.6 Å². The van der Waals surface area contributed by atoms with E-state index in [2.05, 4.69) is 24.8 Å². The van der Waals surface area contributed by atoms with Crippen molar-refractivity contribution < 1.29 is 4.74 Å². The van der Waals surface area contributed by atoms with Crippen molar-refractivity contribution in [1.29, 1.82) is 0 Å². The van der Waals surface area contributed by atoms with Crippen LogP contribution in [0, 0.1) is 6.92 Å². The summed E-state index contributed by atoms with van der Waals surface area (Å²) < 4.78 is 7.92. The maximum absolute atomic E-state index is 5.73. The molecule has 144 valence electrons. The molecule has 1 aromatic heterocycles. The topological polar surface area (TPSA) is 54.7 Å². The number of aromatic nitrogens is 2. The van der Waals surface area contributed by atoms with Gasteiger partial charge in [0.1, 0.15) is 18.2 Å². The lowest BCUT2D eigenvalue weighted by Gasteiger charge is -2.22. The summed E-state index contributed by atoms with van der Waals surface area (Å²) >= 11 is 0. The highest BCUT2D eigenvalue weighted by Crippen LogP contribution is 2.07. The van der Waals surface area contributed by atoms with E-state index >= 15 is 0 Å². The van der Waals surface area contributed by atoms with Crippen LogP contribution in [0.15, 0.2) is 47.7 Å². The van der Waals surface area contributed by atoms with E-state index in [0.717, 1.165) is 50.0 Å². The van der Waals surface area contributed by atoms with Gasteiger partial charge in [0.05, 0.1) is 6.54 Å². The van der Waals surface area contributed by atoms with Crippen LogP contribution in [0.4, 0.5) is 0 Å². The fourth-order valence-electron chi connectivity index (χ4n) is 2.56. The Labute approximate surface area is 173 Å².